The molecule has 59 heavy (non-hydrogen) atoms. The van der Waals surface area contributed by atoms with Crippen molar-refractivity contribution in [2.24, 2.45) is 0 Å². The summed E-state index contributed by atoms with van der Waals surface area (Å²) in [6, 6.07) is 23.1. The second-order valence-electron chi connectivity index (χ2n) is 15.0. The van der Waals surface area contributed by atoms with E-state index < -0.39 is 11.9 Å². The normalized spacial score (nSPS) is 12.7. The van der Waals surface area contributed by atoms with E-state index in [0.29, 0.717) is 23.6 Å². The lowest BCUT2D eigenvalue weighted by molar-refractivity contribution is -0.139. The SMILES string of the molecule is CCCCCCCCCCCCCCCCNC(=O)C=Cc1ccc(-c2[nH]c(-c3ccc(C4=C(C(=O)OCC)CON4)cc3)nc2-c2ccc(C=CC(=O)O)cc2)cc1. The van der Waals surface area contributed by atoms with Crippen LogP contribution < -0.4 is 10.8 Å². The van der Waals surface area contributed by atoms with Gasteiger partial charge >= 0.3 is 11.9 Å². The molecule has 0 saturated heterocycles. The Kier molecular flexibility index (Phi) is 18.2. The third-order valence-electron chi connectivity index (χ3n) is 10.4. The molecule has 0 saturated carbocycles. The van der Waals surface area contributed by atoms with Crippen LogP contribution in [-0.2, 0) is 24.0 Å². The fourth-order valence-corrected chi connectivity index (χ4v) is 7.09. The molecule has 1 aromatic heterocycles. The van der Waals surface area contributed by atoms with Crippen molar-refractivity contribution in [1.82, 2.24) is 20.8 Å². The van der Waals surface area contributed by atoms with Crippen molar-refractivity contribution in [3.8, 4) is 33.9 Å². The molecule has 0 atom stereocenters. The first-order valence-electron chi connectivity index (χ1n) is 21.4. The Labute approximate surface area is 349 Å². The van der Waals surface area contributed by atoms with Gasteiger partial charge in [0.1, 0.15) is 12.4 Å². The van der Waals surface area contributed by atoms with Crippen molar-refractivity contribution in [1.29, 1.82) is 0 Å². The van der Waals surface area contributed by atoms with E-state index in [1.165, 1.54) is 77.0 Å². The molecule has 312 valence electrons. The van der Waals surface area contributed by atoms with Crippen molar-refractivity contribution in [2.75, 3.05) is 19.8 Å². The van der Waals surface area contributed by atoms with Gasteiger partial charge < -0.3 is 20.1 Å². The fraction of sp³-hybridized carbons (Fsp3) is 0.388. The number of amides is 1. The van der Waals surface area contributed by atoms with Gasteiger partial charge in [0, 0.05) is 41.0 Å². The molecule has 0 aliphatic carbocycles. The number of esters is 1. The Balaban J connectivity index is 1.17. The molecule has 4 N–H and O–H groups in total. The number of aromatic amines is 1. The number of unbranched alkanes of at least 4 members (excludes halogenated alkanes) is 13. The third-order valence-corrected chi connectivity index (χ3v) is 10.4. The molecule has 4 aromatic rings. The molecule has 0 fully saturated rings. The standard InChI is InChI=1S/C49H60N4O6/c1-3-5-6-7-8-9-10-11-12-13-14-15-16-17-34-50-43(54)32-22-36-18-24-39(25-19-36)46-47(40-26-20-37(21-27-40)23-33-44(55)56)52-48(51-46)41-30-28-38(29-31-41)45-42(35-59-53-45)49(57)58-4-2/h18-33,53H,3-17,34-35H2,1-2H3,(H,50,54)(H,51,52)(H,55,56). The van der Waals surface area contributed by atoms with Gasteiger partial charge in [-0.15, -0.1) is 0 Å². The molecule has 2 heterocycles. The summed E-state index contributed by atoms with van der Waals surface area (Å²) in [5, 5.41) is 12.1. The van der Waals surface area contributed by atoms with Gasteiger partial charge in [-0.2, -0.15) is 0 Å². The number of hydrogen-bond acceptors (Lipinski definition) is 7. The molecule has 3 aromatic carbocycles. The summed E-state index contributed by atoms with van der Waals surface area (Å²) in [6.07, 6.45) is 24.4. The maximum Gasteiger partial charge on any atom is 0.338 e. The number of imidazole rings is 1. The Morgan fingerprint density at radius 3 is 1.80 bits per heavy atom. The van der Waals surface area contributed by atoms with Gasteiger partial charge in [0.05, 0.1) is 29.3 Å². The number of ether oxygens (including phenoxy) is 1. The molecule has 0 radical (unpaired) electrons. The zero-order chi connectivity index (χ0) is 41.7. The van der Waals surface area contributed by atoms with E-state index in [-0.39, 0.29) is 19.1 Å². The lowest BCUT2D eigenvalue weighted by atomic mass is 10.0. The van der Waals surface area contributed by atoms with E-state index in [9.17, 15) is 14.4 Å². The van der Waals surface area contributed by atoms with Gasteiger partial charge in [0.25, 0.3) is 0 Å². The molecule has 10 nitrogen and oxygen atoms in total. The van der Waals surface area contributed by atoms with Gasteiger partial charge in [0.2, 0.25) is 5.91 Å². The molecular formula is C49H60N4O6. The number of nitrogens with one attached hydrogen (secondary N) is 3. The highest BCUT2D eigenvalue weighted by molar-refractivity contribution is 5.98. The van der Waals surface area contributed by atoms with Gasteiger partial charge in [-0.05, 0) is 36.6 Å². The average molecular weight is 801 g/mol. The Hall–Kier alpha value is -5.74. The van der Waals surface area contributed by atoms with Crippen molar-refractivity contribution < 1.29 is 29.1 Å². The van der Waals surface area contributed by atoms with E-state index in [0.717, 1.165) is 63.7 Å². The van der Waals surface area contributed by atoms with Crippen LogP contribution in [0, 0.1) is 0 Å². The van der Waals surface area contributed by atoms with Crippen LogP contribution in [-0.4, -0.2) is 52.7 Å². The minimum absolute atomic E-state index is 0.0958. The molecule has 10 heteroatoms. The summed E-state index contributed by atoms with van der Waals surface area (Å²) in [6.45, 7) is 5.11. The molecule has 1 aliphatic rings. The molecule has 1 aliphatic heterocycles. The van der Waals surface area contributed by atoms with Gasteiger partial charge in [0.15, 0.2) is 0 Å². The molecule has 5 rings (SSSR count). The highest BCUT2D eigenvalue weighted by Crippen LogP contribution is 2.34. The molecule has 0 bridgehead atoms. The second kappa shape index (κ2) is 24.2. The summed E-state index contributed by atoms with van der Waals surface area (Å²) in [5.41, 5.74) is 10.4. The predicted molar refractivity (Wildman–Crippen MR) is 237 cm³/mol. The van der Waals surface area contributed by atoms with Crippen LogP contribution >= 0.6 is 0 Å². The lowest BCUT2D eigenvalue weighted by Gasteiger charge is -2.07. The Morgan fingerprint density at radius 2 is 1.22 bits per heavy atom. The number of hydrogen-bond donors (Lipinski definition) is 4. The van der Waals surface area contributed by atoms with Gasteiger partial charge in [-0.1, -0.05) is 163 Å². The number of carbonyl (C=O) groups is 3. The maximum absolute atomic E-state index is 12.6. The zero-order valence-electron chi connectivity index (χ0n) is 34.7. The van der Waals surface area contributed by atoms with Crippen molar-refractivity contribution in [2.45, 2.75) is 104 Å². The molecule has 0 spiro atoms. The molecular weight excluding hydrogens is 741 g/mol. The number of hydroxylamine groups is 1. The van der Waals surface area contributed by atoms with Gasteiger partial charge in [-0.25, -0.2) is 14.6 Å². The number of benzene rings is 3. The summed E-state index contributed by atoms with van der Waals surface area (Å²) in [4.78, 5) is 50.0. The van der Waals surface area contributed by atoms with Crippen LogP contribution in [0.4, 0.5) is 0 Å². The van der Waals surface area contributed by atoms with Crippen LogP contribution in [0.2, 0.25) is 0 Å². The van der Waals surface area contributed by atoms with Crippen LogP contribution in [0.25, 0.3) is 51.8 Å². The average Bonchev–Trinajstić information content (AvgIpc) is 3.93. The monoisotopic (exact) mass is 800 g/mol. The minimum Gasteiger partial charge on any atom is -0.478 e. The number of H-pyrrole nitrogens is 1. The van der Waals surface area contributed by atoms with Crippen LogP contribution in [0.3, 0.4) is 0 Å². The number of carboxylic acids is 1. The maximum atomic E-state index is 12.6. The number of carbonyl (C=O) groups excluding carboxylic acids is 2. The molecule has 1 amide bonds. The smallest absolute Gasteiger partial charge is 0.338 e. The number of aliphatic carboxylic acids is 1. The summed E-state index contributed by atoms with van der Waals surface area (Å²) in [7, 11) is 0. The van der Waals surface area contributed by atoms with Crippen molar-refractivity contribution >= 4 is 35.7 Å². The number of carboxylic acid groups (broad SMARTS) is 1. The summed E-state index contributed by atoms with van der Waals surface area (Å²) in [5.74, 6) is -0.877. The first kappa shape index (κ1) is 44.4. The summed E-state index contributed by atoms with van der Waals surface area (Å²) >= 11 is 0. The van der Waals surface area contributed by atoms with E-state index in [4.69, 9.17) is 19.7 Å². The van der Waals surface area contributed by atoms with E-state index >= 15 is 0 Å². The van der Waals surface area contributed by atoms with Crippen LogP contribution in [0.5, 0.6) is 0 Å². The largest absolute Gasteiger partial charge is 0.478 e. The van der Waals surface area contributed by atoms with E-state index in [1.807, 2.05) is 78.9 Å². The first-order valence-corrected chi connectivity index (χ1v) is 21.4. The number of aromatic nitrogens is 2. The van der Waals surface area contributed by atoms with Crippen LogP contribution in [0.15, 0.2) is 90.5 Å². The third kappa shape index (κ3) is 14.2. The van der Waals surface area contributed by atoms with Crippen molar-refractivity contribution in [3.63, 3.8) is 0 Å². The van der Waals surface area contributed by atoms with E-state index in [2.05, 4.69) is 22.7 Å². The van der Waals surface area contributed by atoms with E-state index in [1.54, 1.807) is 19.1 Å². The van der Waals surface area contributed by atoms with Crippen molar-refractivity contribution in [3.05, 3.63) is 107 Å². The fourth-order valence-electron chi connectivity index (χ4n) is 7.09. The first-order chi connectivity index (χ1) is 28.9. The summed E-state index contributed by atoms with van der Waals surface area (Å²) < 4.78 is 5.20. The van der Waals surface area contributed by atoms with Crippen LogP contribution in [0.1, 0.15) is 120 Å². The predicted octanol–water partition coefficient (Wildman–Crippen LogP) is 10.9. The number of rotatable bonds is 25. The zero-order valence-corrected chi connectivity index (χ0v) is 34.7. The lowest BCUT2D eigenvalue weighted by Crippen LogP contribution is -2.21. The van der Waals surface area contributed by atoms with Gasteiger partial charge in [-0.3, -0.25) is 15.1 Å². The topological polar surface area (TPSA) is 143 Å². The number of nitrogens with zero attached hydrogens (tertiary/aromatic N) is 1. The Morgan fingerprint density at radius 1 is 0.695 bits per heavy atom. The molecule has 0 unspecified atom stereocenters. The highest BCUT2D eigenvalue weighted by Gasteiger charge is 2.24. The second-order valence-corrected chi connectivity index (χ2v) is 15.0. The minimum atomic E-state index is -1.01. The Bertz CT molecular complexity index is 2030. The highest BCUT2D eigenvalue weighted by atomic mass is 16.7. The quantitative estimate of drug-likeness (QED) is 0.0295.